The van der Waals surface area contributed by atoms with Gasteiger partial charge in [-0.05, 0) is 54.7 Å². The second-order valence-electron chi connectivity index (χ2n) is 8.71. The van der Waals surface area contributed by atoms with E-state index < -0.39 is 5.60 Å². The molecule has 6 nitrogen and oxygen atoms in total. The van der Waals surface area contributed by atoms with Gasteiger partial charge in [-0.15, -0.1) is 0 Å². The first kappa shape index (κ1) is 22.1. The Hall–Kier alpha value is -3.09. The first-order chi connectivity index (χ1) is 15.3. The number of hydrogen-bond donors (Lipinski definition) is 1. The van der Waals surface area contributed by atoms with Gasteiger partial charge in [0, 0.05) is 19.2 Å². The molecule has 2 heterocycles. The number of hydrogen-bond acceptors (Lipinski definition) is 6. The number of benzene rings is 2. The van der Waals surface area contributed by atoms with Gasteiger partial charge in [0.2, 0.25) is 11.2 Å². The molecule has 0 saturated heterocycles. The third kappa shape index (κ3) is 5.21. The SMILES string of the molecule is COc1ccc2c(c1)CCN(Cc1cc(=O)c(OCc3ccc(C(C)(C)O)cc3)co1)C2. The van der Waals surface area contributed by atoms with Crippen LogP contribution in [-0.4, -0.2) is 23.7 Å². The summed E-state index contributed by atoms with van der Waals surface area (Å²) in [5, 5.41) is 10.0. The van der Waals surface area contributed by atoms with Gasteiger partial charge in [0.1, 0.15) is 24.4 Å². The zero-order valence-electron chi connectivity index (χ0n) is 18.8. The van der Waals surface area contributed by atoms with Crippen molar-refractivity contribution >= 4 is 0 Å². The summed E-state index contributed by atoms with van der Waals surface area (Å²) in [6.45, 7) is 6.00. The lowest BCUT2D eigenvalue weighted by molar-refractivity contribution is 0.0785. The highest BCUT2D eigenvalue weighted by Crippen LogP contribution is 2.25. The van der Waals surface area contributed by atoms with E-state index in [4.69, 9.17) is 13.9 Å². The Kier molecular flexibility index (Phi) is 6.35. The maximum atomic E-state index is 12.5. The summed E-state index contributed by atoms with van der Waals surface area (Å²) in [7, 11) is 1.68. The highest BCUT2D eigenvalue weighted by atomic mass is 16.5. The van der Waals surface area contributed by atoms with Crippen LogP contribution in [0.25, 0.3) is 0 Å². The summed E-state index contributed by atoms with van der Waals surface area (Å²) >= 11 is 0. The van der Waals surface area contributed by atoms with E-state index in [0.717, 1.165) is 36.4 Å². The van der Waals surface area contributed by atoms with E-state index in [1.165, 1.54) is 23.5 Å². The molecule has 0 bridgehead atoms. The second-order valence-corrected chi connectivity index (χ2v) is 8.71. The van der Waals surface area contributed by atoms with Crippen LogP contribution in [0.5, 0.6) is 11.5 Å². The van der Waals surface area contributed by atoms with E-state index in [1.54, 1.807) is 21.0 Å². The molecule has 1 N–H and O–H groups in total. The quantitative estimate of drug-likeness (QED) is 0.605. The van der Waals surface area contributed by atoms with Crippen molar-refractivity contribution in [1.29, 1.82) is 0 Å². The third-order valence-electron chi connectivity index (χ3n) is 5.79. The van der Waals surface area contributed by atoms with Crippen molar-refractivity contribution < 1.29 is 19.0 Å². The molecule has 0 fully saturated rings. The fraction of sp³-hybridized carbons (Fsp3) is 0.346. The molecule has 0 saturated carbocycles. The molecule has 0 spiro atoms. The van der Waals surface area contributed by atoms with Crippen molar-refractivity contribution in [3.05, 3.63) is 93.0 Å². The van der Waals surface area contributed by atoms with Crippen molar-refractivity contribution in [2.75, 3.05) is 13.7 Å². The van der Waals surface area contributed by atoms with Crippen molar-refractivity contribution in [3.8, 4) is 11.5 Å². The lowest BCUT2D eigenvalue weighted by Crippen LogP contribution is -2.30. The molecule has 4 rings (SSSR count). The number of aliphatic hydroxyl groups is 1. The minimum atomic E-state index is -0.889. The Morgan fingerprint density at radius 3 is 2.56 bits per heavy atom. The number of rotatable bonds is 7. The van der Waals surface area contributed by atoms with Crippen molar-refractivity contribution in [3.63, 3.8) is 0 Å². The first-order valence-corrected chi connectivity index (χ1v) is 10.8. The smallest absolute Gasteiger partial charge is 0.227 e. The van der Waals surface area contributed by atoms with E-state index >= 15 is 0 Å². The highest BCUT2D eigenvalue weighted by molar-refractivity contribution is 5.37. The van der Waals surface area contributed by atoms with Gasteiger partial charge in [-0.2, -0.15) is 0 Å². The first-order valence-electron chi connectivity index (χ1n) is 10.8. The second kappa shape index (κ2) is 9.18. The van der Waals surface area contributed by atoms with Crippen molar-refractivity contribution in [2.24, 2.45) is 0 Å². The maximum Gasteiger partial charge on any atom is 0.227 e. The normalized spacial score (nSPS) is 14.1. The average molecular weight is 436 g/mol. The summed E-state index contributed by atoms with van der Waals surface area (Å²) in [5.74, 6) is 1.69. The molecule has 32 heavy (non-hydrogen) atoms. The van der Waals surface area contributed by atoms with E-state index in [-0.39, 0.29) is 17.8 Å². The van der Waals surface area contributed by atoms with Crippen LogP contribution in [0.3, 0.4) is 0 Å². The van der Waals surface area contributed by atoms with E-state index in [0.29, 0.717) is 12.3 Å². The molecular formula is C26H29NO5. The van der Waals surface area contributed by atoms with Gasteiger partial charge < -0.3 is 19.0 Å². The summed E-state index contributed by atoms with van der Waals surface area (Å²) in [4.78, 5) is 14.8. The molecule has 3 aromatic rings. The molecule has 0 aliphatic carbocycles. The molecule has 1 aliphatic heterocycles. The summed E-state index contributed by atoms with van der Waals surface area (Å²) in [6.07, 6.45) is 2.33. The van der Waals surface area contributed by atoms with Crippen LogP contribution in [0, 0.1) is 0 Å². The molecule has 168 valence electrons. The molecular weight excluding hydrogens is 406 g/mol. The average Bonchev–Trinajstić information content (AvgIpc) is 2.78. The molecule has 1 aliphatic rings. The largest absolute Gasteiger partial charge is 0.497 e. The monoisotopic (exact) mass is 435 g/mol. The van der Waals surface area contributed by atoms with E-state index in [2.05, 4.69) is 17.0 Å². The maximum absolute atomic E-state index is 12.5. The lowest BCUT2D eigenvalue weighted by Gasteiger charge is -2.28. The minimum Gasteiger partial charge on any atom is -0.497 e. The van der Waals surface area contributed by atoms with Gasteiger partial charge >= 0.3 is 0 Å². The Bertz CT molecular complexity index is 1130. The third-order valence-corrected chi connectivity index (χ3v) is 5.79. The zero-order chi connectivity index (χ0) is 22.7. The van der Waals surface area contributed by atoms with Crippen molar-refractivity contribution in [2.45, 2.75) is 45.6 Å². The van der Waals surface area contributed by atoms with Gasteiger partial charge in [0.15, 0.2) is 0 Å². The van der Waals surface area contributed by atoms with Crippen molar-refractivity contribution in [1.82, 2.24) is 4.90 Å². The Morgan fingerprint density at radius 1 is 1.09 bits per heavy atom. The minimum absolute atomic E-state index is 0.191. The lowest BCUT2D eigenvalue weighted by atomic mass is 9.97. The summed E-state index contributed by atoms with van der Waals surface area (Å²) < 4.78 is 16.7. The van der Waals surface area contributed by atoms with Gasteiger partial charge in [-0.3, -0.25) is 9.69 Å². The van der Waals surface area contributed by atoms with Crippen LogP contribution in [0.4, 0.5) is 0 Å². The molecule has 1 aromatic heterocycles. The molecule has 6 heteroatoms. The van der Waals surface area contributed by atoms with Gasteiger partial charge in [-0.25, -0.2) is 0 Å². The van der Waals surface area contributed by atoms with Crippen LogP contribution in [0.15, 0.2) is 64.0 Å². The van der Waals surface area contributed by atoms with Crippen LogP contribution in [0.2, 0.25) is 0 Å². The summed E-state index contributed by atoms with van der Waals surface area (Å²) in [5.41, 5.74) is 3.23. The fourth-order valence-corrected chi connectivity index (χ4v) is 3.87. The van der Waals surface area contributed by atoms with Crippen LogP contribution in [0.1, 0.15) is 41.9 Å². The number of fused-ring (bicyclic) bond motifs is 1. The molecule has 0 amide bonds. The fourth-order valence-electron chi connectivity index (χ4n) is 3.87. The number of methoxy groups -OCH3 is 1. The van der Waals surface area contributed by atoms with Gasteiger partial charge in [-0.1, -0.05) is 30.3 Å². The van der Waals surface area contributed by atoms with E-state index in [1.807, 2.05) is 30.3 Å². The topological polar surface area (TPSA) is 72.1 Å². The van der Waals surface area contributed by atoms with E-state index in [9.17, 15) is 9.90 Å². The van der Waals surface area contributed by atoms with Crippen LogP contribution < -0.4 is 14.9 Å². The zero-order valence-corrected chi connectivity index (χ0v) is 18.8. The Labute approximate surface area is 188 Å². The predicted octanol–water partition coefficient (Wildman–Crippen LogP) is 4.01. The van der Waals surface area contributed by atoms with Gasteiger partial charge in [0.05, 0.1) is 19.3 Å². The number of ether oxygens (including phenoxy) is 2. The standard InChI is InChI=1S/C26H29NO5/c1-26(2,29)21-7-4-18(5-8-21)16-32-25-17-31-23(13-24(25)28)15-27-11-10-19-12-22(30-3)9-6-20(19)14-27/h4-9,12-13,17,29H,10-11,14-16H2,1-3H3. The van der Waals surface area contributed by atoms with Crippen LogP contribution >= 0.6 is 0 Å². The highest BCUT2D eigenvalue weighted by Gasteiger charge is 2.19. The molecule has 0 atom stereocenters. The molecule has 2 aromatic carbocycles. The summed E-state index contributed by atoms with van der Waals surface area (Å²) in [6, 6.07) is 15.2. The predicted molar refractivity (Wildman–Crippen MR) is 122 cm³/mol. The van der Waals surface area contributed by atoms with Gasteiger partial charge in [0.25, 0.3) is 0 Å². The number of nitrogens with zero attached hydrogens (tertiary/aromatic N) is 1. The molecule has 0 radical (unpaired) electrons. The van der Waals surface area contributed by atoms with Crippen LogP contribution in [-0.2, 0) is 31.7 Å². The Balaban J connectivity index is 1.35. The molecule has 0 unspecified atom stereocenters. The Morgan fingerprint density at radius 2 is 1.88 bits per heavy atom.